The van der Waals surface area contributed by atoms with Crippen LogP contribution in [0.25, 0.3) is 0 Å². The van der Waals surface area contributed by atoms with Crippen molar-refractivity contribution in [3.8, 4) is 0 Å². The average molecular weight is 142 g/mol. The van der Waals surface area contributed by atoms with Crippen molar-refractivity contribution in [3.63, 3.8) is 0 Å². The van der Waals surface area contributed by atoms with Gasteiger partial charge in [-0.1, -0.05) is 0 Å². The van der Waals surface area contributed by atoms with E-state index in [1.54, 1.807) is 7.11 Å². The molecule has 0 heterocycles. The number of hydrogen-bond acceptors (Lipinski definition) is 2. The average Bonchev–Trinajstić information content (AvgIpc) is 2.44. The first-order valence-electron chi connectivity index (χ1n) is 4.02. The second-order valence-corrected chi connectivity index (χ2v) is 3.57. The Labute approximate surface area is 61.2 Å². The molecule has 1 N–H and O–H groups in total. The molecule has 4 atom stereocenters. The SMILES string of the molecule is COC1CC2CC1CC2O. The summed E-state index contributed by atoms with van der Waals surface area (Å²) in [6.45, 7) is 0. The maximum atomic E-state index is 9.38. The van der Waals surface area contributed by atoms with Crippen molar-refractivity contribution in [2.24, 2.45) is 11.8 Å². The molecule has 0 aromatic carbocycles. The van der Waals surface area contributed by atoms with E-state index in [4.69, 9.17) is 4.74 Å². The van der Waals surface area contributed by atoms with Crippen molar-refractivity contribution < 1.29 is 9.84 Å². The van der Waals surface area contributed by atoms with Gasteiger partial charge in [-0.2, -0.15) is 0 Å². The normalized spacial score (nSPS) is 52.2. The Bertz CT molecular complexity index is 133. The molecule has 2 heteroatoms. The third kappa shape index (κ3) is 0.789. The fraction of sp³-hybridized carbons (Fsp3) is 1.00. The lowest BCUT2D eigenvalue weighted by molar-refractivity contribution is 0.0157. The summed E-state index contributed by atoms with van der Waals surface area (Å²) in [7, 11) is 1.78. The summed E-state index contributed by atoms with van der Waals surface area (Å²) in [6, 6.07) is 0. The van der Waals surface area contributed by atoms with Crippen molar-refractivity contribution in [3.05, 3.63) is 0 Å². The van der Waals surface area contributed by atoms with Gasteiger partial charge in [-0.3, -0.25) is 0 Å². The second-order valence-electron chi connectivity index (χ2n) is 3.57. The highest BCUT2D eigenvalue weighted by Gasteiger charge is 2.45. The van der Waals surface area contributed by atoms with Gasteiger partial charge in [0, 0.05) is 7.11 Å². The lowest BCUT2D eigenvalue weighted by atomic mass is 9.95. The zero-order valence-electron chi connectivity index (χ0n) is 6.29. The first kappa shape index (κ1) is 6.62. The van der Waals surface area contributed by atoms with E-state index in [-0.39, 0.29) is 6.10 Å². The molecule has 2 fully saturated rings. The number of aliphatic hydroxyl groups is 1. The van der Waals surface area contributed by atoms with Gasteiger partial charge < -0.3 is 9.84 Å². The Morgan fingerprint density at radius 2 is 2.00 bits per heavy atom. The number of rotatable bonds is 1. The van der Waals surface area contributed by atoms with Crippen LogP contribution in [0, 0.1) is 11.8 Å². The number of aliphatic hydroxyl groups excluding tert-OH is 1. The minimum absolute atomic E-state index is 0.0172. The van der Waals surface area contributed by atoms with Gasteiger partial charge in [0.2, 0.25) is 0 Å². The van der Waals surface area contributed by atoms with E-state index in [2.05, 4.69) is 0 Å². The van der Waals surface area contributed by atoms with Gasteiger partial charge in [-0.15, -0.1) is 0 Å². The van der Waals surface area contributed by atoms with Crippen molar-refractivity contribution in [1.29, 1.82) is 0 Å². The quantitative estimate of drug-likeness (QED) is 0.586. The van der Waals surface area contributed by atoms with Crippen LogP contribution >= 0.6 is 0 Å². The van der Waals surface area contributed by atoms with Gasteiger partial charge in [0.1, 0.15) is 0 Å². The molecule has 2 bridgehead atoms. The van der Waals surface area contributed by atoms with E-state index in [9.17, 15) is 5.11 Å². The monoisotopic (exact) mass is 142 g/mol. The standard InChI is InChI=1S/C8H14O2/c1-10-8-4-5-2-6(8)3-7(5)9/h5-9H,2-4H2,1H3. The third-order valence-electron chi connectivity index (χ3n) is 3.06. The Morgan fingerprint density at radius 1 is 1.20 bits per heavy atom. The highest BCUT2D eigenvalue weighted by atomic mass is 16.5. The highest BCUT2D eigenvalue weighted by Crippen LogP contribution is 2.45. The second kappa shape index (κ2) is 2.21. The summed E-state index contributed by atoms with van der Waals surface area (Å²) in [5.74, 6) is 1.21. The molecule has 2 aliphatic rings. The van der Waals surface area contributed by atoms with Crippen LogP contribution < -0.4 is 0 Å². The number of methoxy groups -OCH3 is 1. The fourth-order valence-electron chi connectivity index (χ4n) is 2.48. The minimum Gasteiger partial charge on any atom is -0.393 e. The molecular formula is C8H14O2. The van der Waals surface area contributed by atoms with E-state index < -0.39 is 0 Å². The van der Waals surface area contributed by atoms with Crippen LogP contribution in [0.5, 0.6) is 0 Å². The number of hydrogen-bond donors (Lipinski definition) is 1. The maximum absolute atomic E-state index is 9.38. The van der Waals surface area contributed by atoms with E-state index in [1.807, 2.05) is 0 Å². The predicted molar refractivity (Wildman–Crippen MR) is 37.6 cm³/mol. The first-order valence-corrected chi connectivity index (χ1v) is 4.02. The van der Waals surface area contributed by atoms with E-state index >= 15 is 0 Å². The van der Waals surface area contributed by atoms with Crippen LogP contribution in [0.3, 0.4) is 0 Å². The van der Waals surface area contributed by atoms with Crippen LogP contribution in [0.2, 0.25) is 0 Å². The highest BCUT2D eigenvalue weighted by molar-refractivity contribution is 4.95. The molecule has 0 amide bonds. The van der Waals surface area contributed by atoms with Gasteiger partial charge in [-0.05, 0) is 31.1 Å². The molecule has 0 saturated heterocycles. The molecule has 58 valence electrons. The molecule has 0 radical (unpaired) electrons. The van der Waals surface area contributed by atoms with E-state index in [0.717, 1.165) is 12.8 Å². The molecule has 0 spiro atoms. The molecule has 0 aliphatic heterocycles. The van der Waals surface area contributed by atoms with Crippen LogP contribution in [-0.4, -0.2) is 24.4 Å². The molecular weight excluding hydrogens is 128 g/mol. The summed E-state index contributed by atoms with van der Waals surface area (Å²) in [5, 5.41) is 9.38. The molecule has 10 heavy (non-hydrogen) atoms. The van der Waals surface area contributed by atoms with Gasteiger partial charge in [0.05, 0.1) is 12.2 Å². The predicted octanol–water partition coefficient (Wildman–Crippen LogP) is 0.792. The van der Waals surface area contributed by atoms with Crippen LogP contribution in [0.4, 0.5) is 0 Å². The Balaban J connectivity index is 2.02. The maximum Gasteiger partial charge on any atom is 0.0604 e. The van der Waals surface area contributed by atoms with Crippen molar-refractivity contribution >= 4 is 0 Å². The molecule has 4 unspecified atom stereocenters. The van der Waals surface area contributed by atoms with Crippen LogP contribution in [0.1, 0.15) is 19.3 Å². The molecule has 0 aromatic heterocycles. The van der Waals surface area contributed by atoms with Crippen LogP contribution in [-0.2, 0) is 4.74 Å². The Kier molecular flexibility index (Phi) is 1.46. The lowest BCUT2D eigenvalue weighted by Gasteiger charge is -2.23. The van der Waals surface area contributed by atoms with Crippen molar-refractivity contribution in [1.82, 2.24) is 0 Å². The number of ether oxygens (including phenoxy) is 1. The Morgan fingerprint density at radius 3 is 2.40 bits per heavy atom. The zero-order valence-corrected chi connectivity index (χ0v) is 6.29. The lowest BCUT2D eigenvalue weighted by Crippen LogP contribution is -2.26. The largest absolute Gasteiger partial charge is 0.393 e. The van der Waals surface area contributed by atoms with Crippen molar-refractivity contribution in [2.75, 3.05) is 7.11 Å². The zero-order chi connectivity index (χ0) is 7.14. The summed E-state index contributed by atoms with van der Waals surface area (Å²) >= 11 is 0. The minimum atomic E-state index is -0.0172. The fourth-order valence-corrected chi connectivity index (χ4v) is 2.48. The third-order valence-corrected chi connectivity index (χ3v) is 3.06. The number of fused-ring (bicyclic) bond motifs is 2. The topological polar surface area (TPSA) is 29.5 Å². The molecule has 2 rings (SSSR count). The molecule has 2 aliphatic carbocycles. The molecule has 2 nitrogen and oxygen atoms in total. The summed E-state index contributed by atoms with van der Waals surface area (Å²) in [6.07, 6.45) is 3.69. The summed E-state index contributed by atoms with van der Waals surface area (Å²) in [5.41, 5.74) is 0. The molecule has 2 saturated carbocycles. The van der Waals surface area contributed by atoms with Gasteiger partial charge in [0.15, 0.2) is 0 Å². The summed E-state index contributed by atoms with van der Waals surface area (Å²) in [4.78, 5) is 0. The smallest absolute Gasteiger partial charge is 0.0604 e. The Hall–Kier alpha value is -0.0800. The molecule has 0 aromatic rings. The van der Waals surface area contributed by atoms with Crippen molar-refractivity contribution in [2.45, 2.75) is 31.5 Å². The van der Waals surface area contributed by atoms with E-state index in [0.29, 0.717) is 17.9 Å². The van der Waals surface area contributed by atoms with Gasteiger partial charge in [-0.25, -0.2) is 0 Å². The van der Waals surface area contributed by atoms with Gasteiger partial charge in [0.25, 0.3) is 0 Å². The van der Waals surface area contributed by atoms with E-state index in [1.165, 1.54) is 6.42 Å². The first-order chi connectivity index (χ1) is 4.81. The van der Waals surface area contributed by atoms with Crippen LogP contribution in [0.15, 0.2) is 0 Å². The van der Waals surface area contributed by atoms with Gasteiger partial charge >= 0.3 is 0 Å². The summed E-state index contributed by atoms with van der Waals surface area (Å²) < 4.78 is 5.28.